The summed E-state index contributed by atoms with van der Waals surface area (Å²) in [5, 5.41) is 5.27. The van der Waals surface area contributed by atoms with Gasteiger partial charge in [0, 0.05) is 53.7 Å². The van der Waals surface area contributed by atoms with Gasteiger partial charge in [-0.1, -0.05) is 96.5 Å². The first-order chi connectivity index (χ1) is 23.2. The number of rotatable bonds is 6. The van der Waals surface area contributed by atoms with Gasteiger partial charge in [-0.2, -0.15) is 0 Å². The molecule has 3 nitrogen and oxygen atoms in total. The number of anilines is 6. The van der Waals surface area contributed by atoms with Gasteiger partial charge in [0.1, 0.15) is 5.58 Å². The first-order valence-electron chi connectivity index (χ1n) is 15.5. The van der Waals surface area contributed by atoms with Crippen LogP contribution in [0.5, 0.6) is 0 Å². The molecule has 2 aromatic heterocycles. The Hall–Kier alpha value is -5.55. The standard InChI is InChI=1S/C42H27ClN2OS/c43-36-27-41-35(26-38(36)44(28-13-4-1-5-14-28)29-15-6-2-7-16-29)34-25-31(23-24-40(34)47-41)45(30-17-8-3-9-18-30)37-21-12-20-33-32-19-10-11-22-39(32)46-42(33)37/h1-27H. The Balaban J connectivity index is 1.26. The molecule has 0 atom stereocenters. The number of thiophene rings is 1. The zero-order valence-corrected chi connectivity index (χ0v) is 26.7. The van der Waals surface area contributed by atoms with Crippen LogP contribution in [-0.4, -0.2) is 0 Å². The molecule has 9 aromatic rings. The molecule has 0 aliphatic carbocycles. The average Bonchev–Trinajstić information content (AvgIpc) is 3.68. The largest absolute Gasteiger partial charge is 0.454 e. The van der Waals surface area contributed by atoms with Gasteiger partial charge in [0.05, 0.1) is 16.4 Å². The van der Waals surface area contributed by atoms with Crippen molar-refractivity contribution in [2.75, 3.05) is 9.80 Å². The summed E-state index contributed by atoms with van der Waals surface area (Å²) in [6.45, 7) is 0. The van der Waals surface area contributed by atoms with Crippen LogP contribution < -0.4 is 9.80 Å². The van der Waals surface area contributed by atoms with Gasteiger partial charge in [-0.3, -0.25) is 0 Å². The monoisotopic (exact) mass is 642 g/mol. The molecule has 47 heavy (non-hydrogen) atoms. The highest BCUT2D eigenvalue weighted by molar-refractivity contribution is 7.25. The molecule has 7 aromatic carbocycles. The number of para-hydroxylation sites is 5. The van der Waals surface area contributed by atoms with E-state index in [0.29, 0.717) is 5.02 Å². The highest BCUT2D eigenvalue weighted by atomic mass is 35.5. The van der Waals surface area contributed by atoms with E-state index >= 15 is 0 Å². The Morgan fingerprint density at radius 1 is 0.426 bits per heavy atom. The van der Waals surface area contributed by atoms with E-state index in [1.807, 2.05) is 24.3 Å². The number of furan rings is 1. The molecule has 0 aliphatic rings. The fourth-order valence-corrected chi connectivity index (χ4v) is 8.00. The molecule has 0 unspecified atom stereocenters. The summed E-state index contributed by atoms with van der Waals surface area (Å²) in [4.78, 5) is 4.53. The Kier molecular flexibility index (Phi) is 6.70. The second-order valence-electron chi connectivity index (χ2n) is 11.5. The summed E-state index contributed by atoms with van der Waals surface area (Å²) >= 11 is 8.87. The zero-order chi connectivity index (χ0) is 31.3. The molecule has 0 fully saturated rings. The van der Waals surface area contributed by atoms with Crippen molar-refractivity contribution in [2.45, 2.75) is 0 Å². The maximum absolute atomic E-state index is 7.10. The van der Waals surface area contributed by atoms with Crippen LogP contribution in [0.3, 0.4) is 0 Å². The van der Waals surface area contributed by atoms with Gasteiger partial charge >= 0.3 is 0 Å². The van der Waals surface area contributed by atoms with Crippen molar-refractivity contribution in [3.63, 3.8) is 0 Å². The quantitative estimate of drug-likeness (QED) is 0.180. The molecule has 0 bridgehead atoms. The van der Waals surface area contributed by atoms with Crippen molar-refractivity contribution in [1.29, 1.82) is 0 Å². The van der Waals surface area contributed by atoms with Crippen LogP contribution in [0.15, 0.2) is 168 Å². The highest BCUT2D eigenvalue weighted by Crippen LogP contribution is 2.47. The molecule has 0 amide bonds. The molecule has 5 heteroatoms. The molecule has 2 heterocycles. The van der Waals surface area contributed by atoms with Crippen LogP contribution in [0.2, 0.25) is 5.02 Å². The zero-order valence-electron chi connectivity index (χ0n) is 25.2. The van der Waals surface area contributed by atoms with E-state index in [2.05, 4.69) is 149 Å². The lowest BCUT2D eigenvalue weighted by Crippen LogP contribution is -2.10. The van der Waals surface area contributed by atoms with Crippen molar-refractivity contribution in [3.05, 3.63) is 169 Å². The molecular weight excluding hydrogens is 616 g/mol. The lowest BCUT2D eigenvalue weighted by molar-refractivity contribution is 0.669. The Morgan fingerprint density at radius 3 is 1.68 bits per heavy atom. The number of nitrogens with zero attached hydrogens (tertiary/aromatic N) is 2. The molecule has 0 aliphatic heterocycles. The van der Waals surface area contributed by atoms with Crippen molar-refractivity contribution in [2.24, 2.45) is 0 Å². The molecule has 0 N–H and O–H groups in total. The minimum atomic E-state index is 0.708. The van der Waals surface area contributed by atoms with Crippen LogP contribution in [0.4, 0.5) is 34.1 Å². The summed E-state index contributed by atoms with van der Waals surface area (Å²) < 4.78 is 8.89. The topological polar surface area (TPSA) is 19.6 Å². The molecule has 9 rings (SSSR count). The number of hydrogen-bond acceptors (Lipinski definition) is 4. The normalized spacial score (nSPS) is 11.5. The molecule has 0 radical (unpaired) electrons. The van der Waals surface area contributed by atoms with E-state index in [1.54, 1.807) is 11.3 Å². The van der Waals surface area contributed by atoms with Crippen LogP contribution in [0.25, 0.3) is 42.1 Å². The fourth-order valence-electron chi connectivity index (χ4n) is 6.58. The summed E-state index contributed by atoms with van der Waals surface area (Å²) in [6.07, 6.45) is 0. The van der Waals surface area contributed by atoms with Gasteiger partial charge in [-0.15, -0.1) is 11.3 Å². The summed E-state index contributed by atoms with van der Waals surface area (Å²) in [6, 6.07) is 57.0. The minimum absolute atomic E-state index is 0.708. The van der Waals surface area contributed by atoms with Crippen LogP contribution >= 0.6 is 22.9 Å². The minimum Gasteiger partial charge on any atom is -0.454 e. The van der Waals surface area contributed by atoms with E-state index in [-0.39, 0.29) is 0 Å². The third kappa shape index (κ3) is 4.73. The van der Waals surface area contributed by atoms with Gasteiger partial charge in [-0.25, -0.2) is 0 Å². The Labute approximate surface area is 281 Å². The van der Waals surface area contributed by atoms with Gasteiger partial charge in [0.15, 0.2) is 5.58 Å². The fraction of sp³-hybridized carbons (Fsp3) is 0. The maximum Gasteiger partial charge on any atom is 0.159 e. The van der Waals surface area contributed by atoms with Gasteiger partial charge in [-0.05, 0) is 78.9 Å². The van der Waals surface area contributed by atoms with Gasteiger partial charge < -0.3 is 14.2 Å². The van der Waals surface area contributed by atoms with Crippen LogP contribution in [0, 0.1) is 0 Å². The average molecular weight is 643 g/mol. The highest BCUT2D eigenvalue weighted by Gasteiger charge is 2.22. The van der Waals surface area contributed by atoms with Gasteiger partial charge in [0.25, 0.3) is 0 Å². The van der Waals surface area contributed by atoms with Crippen LogP contribution in [0.1, 0.15) is 0 Å². The smallest absolute Gasteiger partial charge is 0.159 e. The van der Waals surface area contributed by atoms with Crippen molar-refractivity contribution in [1.82, 2.24) is 0 Å². The van der Waals surface area contributed by atoms with Crippen molar-refractivity contribution < 1.29 is 4.42 Å². The van der Waals surface area contributed by atoms with Crippen LogP contribution in [-0.2, 0) is 0 Å². The maximum atomic E-state index is 7.10. The lowest BCUT2D eigenvalue weighted by atomic mass is 10.1. The Morgan fingerprint density at radius 2 is 1.00 bits per heavy atom. The molecule has 0 saturated heterocycles. The molecule has 0 saturated carbocycles. The SMILES string of the molecule is Clc1cc2sc3ccc(N(c4ccccc4)c4cccc5c4oc4ccccc45)cc3c2cc1N(c1ccccc1)c1ccccc1. The van der Waals surface area contributed by atoms with Crippen molar-refractivity contribution >= 4 is 99.2 Å². The predicted molar refractivity (Wildman–Crippen MR) is 201 cm³/mol. The lowest BCUT2D eigenvalue weighted by Gasteiger charge is -2.26. The predicted octanol–water partition coefficient (Wildman–Crippen LogP) is 13.5. The summed E-state index contributed by atoms with van der Waals surface area (Å²) in [5.74, 6) is 0. The Bertz CT molecular complexity index is 2500. The number of hydrogen-bond donors (Lipinski definition) is 0. The third-order valence-corrected chi connectivity index (χ3v) is 10.1. The summed E-state index contributed by atoms with van der Waals surface area (Å²) in [7, 11) is 0. The van der Waals surface area contributed by atoms with Gasteiger partial charge in [0.2, 0.25) is 0 Å². The second kappa shape index (κ2) is 11.4. The molecule has 0 spiro atoms. The van der Waals surface area contributed by atoms with E-state index in [0.717, 1.165) is 66.1 Å². The van der Waals surface area contributed by atoms with E-state index in [1.165, 1.54) is 10.1 Å². The first kappa shape index (κ1) is 27.7. The van der Waals surface area contributed by atoms with E-state index in [9.17, 15) is 0 Å². The summed E-state index contributed by atoms with van der Waals surface area (Å²) in [5.41, 5.74) is 7.89. The first-order valence-corrected chi connectivity index (χ1v) is 16.7. The second-order valence-corrected chi connectivity index (χ2v) is 13.0. The molecule has 224 valence electrons. The van der Waals surface area contributed by atoms with E-state index < -0.39 is 0 Å². The number of halogens is 1. The molecular formula is C42H27ClN2OS. The number of fused-ring (bicyclic) bond motifs is 6. The van der Waals surface area contributed by atoms with Crippen molar-refractivity contribution in [3.8, 4) is 0 Å². The third-order valence-electron chi connectivity index (χ3n) is 8.69. The van der Waals surface area contributed by atoms with E-state index in [4.69, 9.17) is 16.0 Å². The number of benzene rings is 7.